The fraction of sp³-hybridized carbons (Fsp3) is 0.727. The first kappa shape index (κ1) is 11.9. The molecular formula is C11H19ClN4. The van der Waals surface area contributed by atoms with E-state index in [9.17, 15) is 0 Å². The van der Waals surface area contributed by atoms with Crippen molar-refractivity contribution in [2.45, 2.75) is 32.5 Å². The highest BCUT2D eigenvalue weighted by Crippen LogP contribution is 2.17. The topological polar surface area (TPSA) is 33.1 Å². The van der Waals surface area contributed by atoms with Gasteiger partial charge < -0.3 is 5.32 Å². The Hall–Kier alpha value is -0.580. The van der Waals surface area contributed by atoms with Crippen LogP contribution < -0.4 is 5.32 Å². The van der Waals surface area contributed by atoms with Crippen LogP contribution in [0.15, 0.2) is 6.20 Å². The van der Waals surface area contributed by atoms with Crippen molar-refractivity contribution in [2.75, 3.05) is 13.1 Å². The molecule has 1 aromatic rings. The van der Waals surface area contributed by atoms with E-state index in [4.69, 9.17) is 11.6 Å². The second kappa shape index (κ2) is 4.73. The Morgan fingerprint density at radius 2 is 2.06 bits per heavy atom. The van der Waals surface area contributed by atoms with E-state index >= 15 is 0 Å². The molecule has 2 atom stereocenters. The van der Waals surface area contributed by atoms with Crippen LogP contribution in [0.3, 0.4) is 0 Å². The molecule has 0 aromatic carbocycles. The Kier molecular flexibility index (Phi) is 3.52. The van der Waals surface area contributed by atoms with E-state index in [2.05, 4.69) is 29.2 Å². The van der Waals surface area contributed by atoms with E-state index in [0.29, 0.717) is 12.1 Å². The van der Waals surface area contributed by atoms with Gasteiger partial charge in [-0.2, -0.15) is 5.10 Å². The van der Waals surface area contributed by atoms with Crippen molar-refractivity contribution in [3.8, 4) is 0 Å². The van der Waals surface area contributed by atoms with Gasteiger partial charge in [-0.15, -0.1) is 0 Å². The van der Waals surface area contributed by atoms with Crippen molar-refractivity contribution >= 4 is 11.6 Å². The molecule has 0 amide bonds. The summed E-state index contributed by atoms with van der Waals surface area (Å²) in [6.45, 7) is 7.43. The van der Waals surface area contributed by atoms with Crippen molar-refractivity contribution in [3.05, 3.63) is 16.9 Å². The van der Waals surface area contributed by atoms with Crippen molar-refractivity contribution < 1.29 is 0 Å². The monoisotopic (exact) mass is 242 g/mol. The normalized spacial score (nSPS) is 27.2. The van der Waals surface area contributed by atoms with Gasteiger partial charge in [-0.25, -0.2) is 0 Å². The van der Waals surface area contributed by atoms with Gasteiger partial charge >= 0.3 is 0 Å². The molecule has 4 nitrogen and oxygen atoms in total. The molecule has 1 aliphatic heterocycles. The summed E-state index contributed by atoms with van der Waals surface area (Å²) in [6.07, 6.45) is 1.71. The minimum atomic E-state index is 0.538. The highest BCUT2D eigenvalue weighted by molar-refractivity contribution is 6.31. The molecule has 1 aliphatic rings. The van der Waals surface area contributed by atoms with Crippen molar-refractivity contribution in [1.29, 1.82) is 0 Å². The lowest BCUT2D eigenvalue weighted by Crippen LogP contribution is -2.53. The molecule has 0 radical (unpaired) electrons. The number of hydrogen-bond acceptors (Lipinski definition) is 3. The zero-order chi connectivity index (χ0) is 11.7. The highest BCUT2D eigenvalue weighted by Gasteiger charge is 2.22. The number of nitrogens with one attached hydrogen (secondary N) is 1. The van der Waals surface area contributed by atoms with Gasteiger partial charge in [0.05, 0.1) is 16.9 Å². The van der Waals surface area contributed by atoms with Crippen molar-refractivity contribution in [2.24, 2.45) is 7.05 Å². The summed E-state index contributed by atoms with van der Waals surface area (Å²) >= 11 is 6.11. The van der Waals surface area contributed by atoms with E-state index in [1.165, 1.54) is 0 Å². The number of nitrogens with zero attached hydrogens (tertiary/aromatic N) is 3. The Morgan fingerprint density at radius 3 is 2.56 bits per heavy atom. The zero-order valence-corrected chi connectivity index (χ0v) is 10.8. The average molecular weight is 243 g/mol. The van der Waals surface area contributed by atoms with Crippen LogP contribution in [0.25, 0.3) is 0 Å². The van der Waals surface area contributed by atoms with Crippen LogP contribution >= 0.6 is 11.6 Å². The Morgan fingerprint density at radius 1 is 1.44 bits per heavy atom. The van der Waals surface area contributed by atoms with Gasteiger partial charge in [-0.3, -0.25) is 9.58 Å². The van der Waals surface area contributed by atoms with Gasteiger partial charge in [-0.1, -0.05) is 11.6 Å². The van der Waals surface area contributed by atoms with Gasteiger partial charge in [0.15, 0.2) is 0 Å². The summed E-state index contributed by atoms with van der Waals surface area (Å²) in [7, 11) is 1.94. The van der Waals surface area contributed by atoms with Gasteiger partial charge in [-0.05, 0) is 13.8 Å². The minimum absolute atomic E-state index is 0.538. The number of halogens is 1. The molecule has 16 heavy (non-hydrogen) atoms. The third-order valence-corrected chi connectivity index (χ3v) is 3.33. The summed E-state index contributed by atoms with van der Waals surface area (Å²) in [5, 5.41) is 8.45. The quantitative estimate of drug-likeness (QED) is 0.848. The van der Waals surface area contributed by atoms with Crippen LogP contribution in [0.2, 0.25) is 5.02 Å². The van der Waals surface area contributed by atoms with E-state index in [1.807, 2.05) is 11.7 Å². The predicted octanol–water partition coefficient (Wildman–Crippen LogP) is 1.26. The second-order valence-corrected chi connectivity index (χ2v) is 5.13. The molecule has 0 aliphatic carbocycles. The molecule has 1 saturated heterocycles. The molecule has 1 fully saturated rings. The van der Waals surface area contributed by atoms with E-state index < -0.39 is 0 Å². The second-order valence-electron chi connectivity index (χ2n) is 4.73. The zero-order valence-electron chi connectivity index (χ0n) is 10.1. The van der Waals surface area contributed by atoms with E-state index in [0.717, 1.165) is 30.4 Å². The number of hydrogen-bond donors (Lipinski definition) is 1. The SMILES string of the molecule is CC1CN(Cc2c(Cl)cnn2C)CC(C)N1. The van der Waals surface area contributed by atoms with Gasteiger partial charge in [0.1, 0.15) is 0 Å². The number of rotatable bonds is 2. The number of aryl methyl sites for hydroxylation is 1. The van der Waals surface area contributed by atoms with Gasteiger partial charge in [0, 0.05) is 38.8 Å². The lowest BCUT2D eigenvalue weighted by Gasteiger charge is -2.36. The molecule has 0 bridgehead atoms. The smallest absolute Gasteiger partial charge is 0.0831 e. The largest absolute Gasteiger partial charge is 0.309 e. The van der Waals surface area contributed by atoms with Crippen LogP contribution in [0.4, 0.5) is 0 Å². The fourth-order valence-corrected chi connectivity index (χ4v) is 2.62. The van der Waals surface area contributed by atoms with Crippen LogP contribution in [-0.2, 0) is 13.6 Å². The maximum absolute atomic E-state index is 6.11. The first-order valence-corrected chi connectivity index (χ1v) is 6.09. The third kappa shape index (κ3) is 2.56. The van der Waals surface area contributed by atoms with Gasteiger partial charge in [0.2, 0.25) is 0 Å². The summed E-state index contributed by atoms with van der Waals surface area (Å²) in [6, 6.07) is 1.08. The average Bonchev–Trinajstić information content (AvgIpc) is 2.48. The fourth-order valence-electron chi connectivity index (χ4n) is 2.40. The number of aromatic nitrogens is 2. The Bertz CT molecular complexity index is 333. The van der Waals surface area contributed by atoms with Crippen LogP contribution in [0, 0.1) is 0 Å². The summed E-state index contributed by atoms with van der Waals surface area (Å²) in [5.74, 6) is 0. The third-order valence-electron chi connectivity index (χ3n) is 3.02. The highest BCUT2D eigenvalue weighted by atomic mass is 35.5. The summed E-state index contributed by atoms with van der Waals surface area (Å²) in [5.41, 5.74) is 1.10. The van der Waals surface area contributed by atoms with E-state index in [-0.39, 0.29) is 0 Å². The van der Waals surface area contributed by atoms with Crippen molar-refractivity contribution in [1.82, 2.24) is 20.0 Å². The lowest BCUT2D eigenvalue weighted by atomic mass is 10.1. The van der Waals surface area contributed by atoms with Crippen LogP contribution in [0.1, 0.15) is 19.5 Å². The molecule has 2 heterocycles. The molecule has 2 unspecified atom stereocenters. The van der Waals surface area contributed by atoms with Crippen LogP contribution in [-0.4, -0.2) is 39.9 Å². The first-order chi connectivity index (χ1) is 7.56. The molecule has 5 heteroatoms. The maximum Gasteiger partial charge on any atom is 0.0831 e. The Balaban J connectivity index is 2.04. The molecule has 1 N–H and O–H groups in total. The summed E-state index contributed by atoms with van der Waals surface area (Å²) < 4.78 is 1.86. The maximum atomic E-state index is 6.11. The summed E-state index contributed by atoms with van der Waals surface area (Å²) in [4.78, 5) is 2.43. The molecule has 0 spiro atoms. The van der Waals surface area contributed by atoms with Crippen LogP contribution in [0.5, 0.6) is 0 Å². The minimum Gasteiger partial charge on any atom is -0.309 e. The molecule has 0 saturated carbocycles. The molecule has 2 rings (SSSR count). The number of piperazine rings is 1. The standard InChI is InChI=1S/C11H19ClN4/c1-8-5-16(6-9(2)14-8)7-11-10(12)4-13-15(11)3/h4,8-9,14H,5-7H2,1-3H3. The molecule has 1 aromatic heterocycles. The molecular weight excluding hydrogens is 224 g/mol. The first-order valence-electron chi connectivity index (χ1n) is 5.71. The van der Waals surface area contributed by atoms with Crippen molar-refractivity contribution in [3.63, 3.8) is 0 Å². The Labute approximate surface area is 102 Å². The van der Waals surface area contributed by atoms with E-state index in [1.54, 1.807) is 6.20 Å². The molecule has 90 valence electrons. The van der Waals surface area contributed by atoms with Gasteiger partial charge in [0.25, 0.3) is 0 Å². The predicted molar refractivity (Wildman–Crippen MR) is 65.6 cm³/mol. The lowest BCUT2D eigenvalue weighted by molar-refractivity contribution is 0.163.